The minimum Gasteiger partial charge on any atom is -0.497 e. The summed E-state index contributed by atoms with van der Waals surface area (Å²) in [6.07, 6.45) is 0. The van der Waals surface area contributed by atoms with Crippen LogP contribution in [-0.4, -0.2) is 43.7 Å². The molecule has 1 fully saturated rings. The quantitative estimate of drug-likeness (QED) is 0.612. The van der Waals surface area contributed by atoms with Crippen LogP contribution in [0.5, 0.6) is 5.75 Å². The van der Waals surface area contributed by atoms with E-state index in [0.717, 1.165) is 16.8 Å². The standard InChI is InChI=1S/C24H34BNO5S/c1-22(2,3)26(17-18-9-13-20(29-8)14-10-18)32(27,28)21-15-11-19(12-16-21)25-30-23(4,5)24(6,7)31-25/h9-16H,17H2,1-8H3. The summed E-state index contributed by atoms with van der Waals surface area (Å²) < 4.78 is 46.1. The summed E-state index contributed by atoms with van der Waals surface area (Å²) in [6, 6.07) is 14.2. The Bertz CT molecular complexity index is 1030. The van der Waals surface area contributed by atoms with Crippen LogP contribution in [0.15, 0.2) is 53.4 Å². The van der Waals surface area contributed by atoms with Gasteiger partial charge in [0, 0.05) is 12.1 Å². The molecule has 0 atom stereocenters. The van der Waals surface area contributed by atoms with Gasteiger partial charge >= 0.3 is 7.12 Å². The van der Waals surface area contributed by atoms with Crippen molar-refractivity contribution in [2.24, 2.45) is 0 Å². The Kier molecular flexibility index (Phi) is 6.57. The Morgan fingerprint density at radius 2 is 1.41 bits per heavy atom. The van der Waals surface area contributed by atoms with Crippen molar-refractivity contribution in [3.8, 4) is 5.75 Å². The van der Waals surface area contributed by atoms with Crippen LogP contribution in [0.25, 0.3) is 0 Å². The number of hydrogen-bond donors (Lipinski definition) is 0. The zero-order valence-electron chi connectivity index (χ0n) is 20.3. The maximum atomic E-state index is 13.6. The second-order valence-electron chi connectivity index (χ2n) is 10.2. The number of methoxy groups -OCH3 is 1. The fraction of sp³-hybridized carbons (Fsp3) is 0.500. The molecule has 0 spiro atoms. The highest BCUT2D eigenvalue weighted by Gasteiger charge is 2.51. The smallest absolute Gasteiger partial charge is 0.494 e. The number of rotatable bonds is 6. The van der Waals surface area contributed by atoms with E-state index in [1.165, 1.54) is 4.31 Å². The molecule has 0 radical (unpaired) electrons. The second kappa shape index (κ2) is 8.48. The molecule has 6 nitrogen and oxygen atoms in total. The van der Waals surface area contributed by atoms with E-state index in [-0.39, 0.29) is 11.4 Å². The maximum absolute atomic E-state index is 13.6. The lowest BCUT2D eigenvalue weighted by molar-refractivity contribution is 0.00578. The third-order valence-electron chi connectivity index (χ3n) is 6.23. The number of hydrogen-bond acceptors (Lipinski definition) is 5. The highest BCUT2D eigenvalue weighted by molar-refractivity contribution is 7.89. The van der Waals surface area contributed by atoms with Gasteiger partial charge < -0.3 is 14.0 Å². The molecule has 0 unspecified atom stereocenters. The Morgan fingerprint density at radius 1 is 0.906 bits per heavy atom. The van der Waals surface area contributed by atoms with E-state index in [1.807, 2.05) is 72.7 Å². The van der Waals surface area contributed by atoms with Gasteiger partial charge in [0.05, 0.1) is 23.2 Å². The van der Waals surface area contributed by atoms with E-state index in [4.69, 9.17) is 14.0 Å². The van der Waals surface area contributed by atoms with Crippen LogP contribution < -0.4 is 10.2 Å². The van der Waals surface area contributed by atoms with Crippen LogP contribution in [0.4, 0.5) is 0 Å². The predicted molar refractivity (Wildman–Crippen MR) is 128 cm³/mol. The summed E-state index contributed by atoms with van der Waals surface area (Å²) in [5.74, 6) is 0.734. The molecule has 0 N–H and O–H groups in total. The zero-order chi connectivity index (χ0) is 23.9. The summed E-state index contributed by atoms with van der Waals surface area (Å²) in [5, 5.41) is 0. The van der Waals surface area contributed by atoms with Gasteiger partial charge in [-0.1, -0.05) is 24.3 Å². The summed E-state index contributed by atoms with van der Waals surface area (Å²) in [6.45, 7) is 13.9. The largest absolute Gasteiger partial charge is 0.497 e. The Labute approximate surface area is 193 Å². The fourth-order valence-electron chi connectivity index (χ4n) is 3.48. The van der Waals surface area contributed by atoms with E-state index in [2.05, 4.69) is 0 Å². The molecule has 32 heavy (non-hydrogen) atoms. The lowest BCUT2D eigenvalue weighted by Gasteiger charge is -2.34. The van der Waals surface area contributed by atoms with Crippen LogP contribution in [0.2, 0.25) is 0 Å². The molecule has 2 aromatic rings. The highest BCUT2D eigenvalue weighted by Crippen LogP contribution is 2.36. The van der Waals surface area contributed by atoms with Gasteiger partial charge in [0.1, 0.15) is 5.75 Å². The molecule has 3 rings (SSSR count). The first-order valence-corrected chi connectivity index (χ1v) is 12.2. The molecule has 1 aliphatic heterocycles. The molecule has 0 aromatic heterocycles. The molecule has 0 amide bonds. The molecule has 2 aromatic carbocycles. The topological polar surface area (TPSA) is 65.1 Å². The molecule has 0 aliphatic carbocycles. The minimum absolute atomic E-state index is 0.237. The molecule has 1 saturated heterocycles. The van der Waals surface area contributed by atoms with Crippen LogP contribution >= 0.6 is 0 Å². The SMILES string of the molecule is COc1ccc(CN(C(C)(C)C)S(=O)(=O)c2ccc(B3OC(C)(C)C(C)(C)O3)cc2)cc1. The molecular formula is C24H34BNO5S. The van der Waals surface area contributed by atoms with Crippen molar-refractivity contribution < 1.29 is 22.5 Å². The van der Waals surface area contributed by atoms with Crippen molar-refractivity contribution in [1.29, 1.82) is 0 Å². The molecule has 1 aliphatic rings. The first-order valence-electron chi connectivity index (χ1n) is 10.8. The lowest BCUT2D eigenvalue weighted by atomic mass is 9.79. The monoisotopic (exact) mass is 459 g/mol. The molecular weight excluding hydrogens is 425 g/mol. The van der Waals surface area contributed by atoms with Crippen LogP contribution in [0, 0.1) is 0 Å². The maximum Gasteiger partial charge on any atom is 0.494 e. The van der Waals surface area contributed by atoms with Crippen molar-refractivity contribution in [3.05, 3.63) is 54.1 Å². The van der Waals surface area contributed by atoms with Crippen molar-refractivity contribution in [3.63, 3.8) is 0 Å². The van der Waals surface area contributed by atoms with E-state index in [0.29, 0.717) is 0 Å². The highest BCUT2D eigenvalue weighted by atomic mass is 32.2. The van der Waals surface area contributed by atoms with Gasteiger partial charge in [0.25, 0.3) is 0 Å². The van der Waals surface area contributed by atoms with Crippen LogP contribution in [0.3, 0.4) is 0 Å². The Morgan fingerprint density at radius 3 is 1.84 bits per heavy atom. The van der Waals surface area contributed by atoms with Crippen LogP contribution in [-0.2, 0) is 25.9 Å². The Balaban J connectivity index is 1.87. The lowest BCUT2D eigenvalue weighted by Crippen LogP contribution is -2.45. The summed E-state index contributed by atoms with van der Waals surface area (Å²) in [4.78, 5) is 0.237. The third-order valence-corrected chi connectivity index (χ3v) is 8.35. The molecule has 0 saturated carbocycles. The minimum atomic E-state index is -3.74. The summed E-state index contributed by atoms with van der Waals surface area (Å²) in [5.41, 5.74) is 0.162. The van der Waals surface area contributed by atoms with Gasteiger partial charge in [0.15, 0.2) is 0 Å². The first-order chi connectivity index (χ1) is 14.7. The average Bonchev–Trinajstić information content (AvgIpc) is 2.93. The number of nitrogens with zero attached hydrogens (tertiary/aromatic N) is 1. The van der Waals surface area contributed by atoms with Crippen molar-refractivity contribution in [2.45, 2.75) is 76.6 Å². The number of ether oxygens (including phenoxy) is 1. The van der Waals surface area contributed by atoms with E-state index in [1.54, 1.807) is 31.4 Å². The van der Waals surface area contributed by atoms with Gasteiger partial charge in [-0.05, 0) is 83.8 Å². The molecule has 174 valence electrons. The van der Waals surface area contributed by atoms with Gasteiger partial charge in [-0.15, -0.1) is 0 Å². The normalized spacial score (nSPS) is 18.2. The average molecular weight is 459 g/mol. The van der Waals surface area contributed by atoms with E-state index < -0.39 is 33.9 Å². The molecule has 0 bridgehead atoms. The Hall–Kier alpha value is -1.87. The van der Waals surface area contributed by atoms with E-state index in [9.17, 15) is 8.42 Å². The van der Waals surface area contributed by atoms with Crippen molar-refractivity contribution in [1.82, 2.24) is 4.31 Å². The van der Waals surface area contributed by atoms with Gasteiger partial charge in [-0.3, -0.25) is 0 Å². The summed E-state index contributed by atoms with van der Waals surface area (Å²) >= 11 is 0. The fourth-order valence-corrected chi connectivity index (χ4v) is 5.26. The number of sulfonamides is 1. The first kappa shape index (κ1) is 24.8. The third kappa shape index (κ3) is 4.88. The van der Waals surface area contributed by atoms with Crippen molar-refractivity contribution in [2.75, 3.05) is 7.11 Å². The summed E-state index contributed by atoms with van der Waals surface area (Å²) in [7, 11) is -2.67. The van der Waals surface area contributed by atoms with Gasteiger partial charge in [-0.2, -0.15) is 4.31 Å². The molecule has 1 heterocycles. The zero-order valence-corrected chi connectivity index (χ0v) is 21.1. The van der Waals surface area contributed by atoms with E-state index >= 15 is 0 Å². The number of benzene rings is 2. The van der Waals surface area contributed by atoms with Gasteiger partial charge in [-0.25, -0.2) is 8.42 Å². The predicted octanol–water partition coefficient (Wildman–Crippen LogP) is 3.98. The van der Waals surface area contributed by atoms with Gasteiger partial charge in [0.2, 0.25) is 10.0 Å². The molecule has 8 heteroatoms. The second-order valence-corrected chi connectivity index (χ2v) is 12.1. The van der Waals surface area contributed by atoms with Crippen LogP contribution in [0.1, 0.15) is 54.0 Å². The van der Waals surface area contributed by atoms with Crippen molar-refractivity contribution >= 4 is 22.6 Å².